The maximum atomic E-state index is 13.3. The first kappa shape index (κ1) is 13.4. The maximum absolute atomic E-state index is 13.3. The minimum atomic E-state index is -0.476. The van der Waals surface area contributed by atoms with E-state index in [2.05, 4.69) is 0 Å². The van der Waals surface area contributed by atoms with Crippen LogP contribution in [0.5, 0.6) is 0 Å². The van der Waals surface area contributed by atoms with Crippen LogP contribution >= 0.6 is 12.4 Å². The SMILES string of the molecule is Cl.N[C@@H]1CCN(Cc2c(F)cccc2F)C1. The summed E-state index contributed by atoms with van der Waals surface area (Å²) < 4.78 is 26.6. The zero-order valence-electron chi connectivity index (χ0n) is 8.83. The van der Waals surface area contributed by atoms with E-state index in [0.717, 1.165) is 13.0 Å². The molecule has 1 heterocycles. The normalized spacial score (nSPS) is 20.8. The number of nitrogens with zero attached hydrogens (tertiary/aromatic N) is 1. The Labute approximate surface area is 99.8 Å². The lowest BCUT2D eigenvalue weighted by atomic mass is 10.2. The monoisotopic (exact) mass is 248 g/mol. The molecule has 1 fully saturated rings. The zero-order valence-corrected chi connectivity index (χ0v) is 9.64. The molecular weight excluding hydrogens is 234 g/mol. The van der Waals surface area contributed by atoms with E-state index >= 15 is 0 Å². The molecule has 1 aliphatic rings. The lowest BCUT2D eigenvalue weighted by molar-refractivity contribution is 0.314. The van der Waals surface area contributed by atoms with Crippen LogP contribution in [-0.4, -0.2) is 24.0 Å². The van der Waals surface area contributed by atoms with Gasteiger partial charge in [0.1, 0.15) is 11.6 Å². The molecule has 0 saturated carbocycles. The second kappa shape index (κ2) is 5.57. The van der Waals surface area contributed by atoms with Crippen LogP contribution in [-0.2, 0) is 6.54 Å². The summed E-state index contributed by atoms with van der Waals surface area (Å²) in [6.45, 7) is 1.84. The van der Waals surface area contributed by atoms with Crippen molar-refractivity contribution < 1.29 is 8.78 Å². The van der Waals surface area contributed by atoms with Crippen molar-refractivity contribution in [3.05, 3.63) is 35.4 Å². The summed E-state index contributed by atoms with van der Waals surface area (Å²) >= 11 is 0. The highest BCUT2D eigenvalue weighted by Gasteiger charge is 2.21. The average Bonchev–Trinajstić information content (AvgIpc) is 2.58. The van der Waals surface area contributed by atoms with Gasteiger partial charge in [0.15, 0.2) is 0 Å². The number of nitrogens with two attached hydrogens (primary N) is 1. The number of hydrogen-bond acceptors (Lipinski definition) is 2. The first-order valence-electron chi connectivity index (χ1n) is 5.07. The highest BCUT2D eigenvalue weighted by Crippen LogP contribution is 2.17. The van der Waals surface area contributed by atoms with Gasteiger partial charge in [0.25, 0.3) is 0 Å². The zero-order chi connectivity index (χ0) is 10.8. The molecule has 1 aromatic rings. The second-order valence-corrected chi connectivity index (χ2v) is 3.98. The summed E-state index contributed by atoms with van der Waals surface area (Å²) in [4.78, 5) is 1.98. The molecular formula is C11H15ClF2N2. The van der Waals surface area contributed by atoms with E-state index in [1.165, 1.54) is 18.2 Å². The molecule has 1 aromatic carbocycles. The fourth-order valence-electron chi connectivity index (χ4n) is 1.91. The highest BCUT2D eigenvalue weighted by atomic mass is 35.5. The molecule has 2 nitrogen and oxygen atoms in total. The molecule has 2 rings (SSSR count). The van der Waals surface area contributed by atoms with Crippen LogP contribution < -0.4 is 5.73 Å². The van der Waals surface area contributed by atoms with Gasteiger partial charge in [-0.15, -0.1) is 12.4 Å². The third-order valence-electron chi connectivity index (χ3n) is 2.75. The van der Waals surface area contributed by atoms with Crippen LogP contribution in [0.4, 0.5) is 8.78 Å². The molecule has 1 atom stereocenters. The Morgan fingerprint density at radius 1 is 1.31 bits per heavy atom. The van der Waals surface area contributed by atoms with Gasteiger partial charge in [-0.1, -0.05) is 6.07 Å². The predicted octanol–water partition coefficient (Wildman–Crippen LogP) is 1.92. The minimum Gasteiger partial charge on any atom is -0.326 e. The summed E-state index contributed by atoms with van der Waals surface area (Å²) in [5, 5.41) is 0. The van der Waals surface area contributed by atoms with Gasteiger partial charge in [-0.25, -0.2) is 8.78 Å². The molecule has 0 radical (unpaired) electrons. The Morgan fingerprint density at radius 2 is 1.94 bits per heavy atom. The van der Waals surface area contributed by atoms with Gasteiger partial charge in [0.2, 0.25) is 0 Å². The van der Waals surface area contributed by atoms with E-state index in [1.54, 1.807) is 0 Å². The van der Waals surface area contributed by atoms with Gasteiger partial charge < -0.3 is 5.73 Å². The first-order valence-corrected chi connectivity index (χ1v) is 5.07. The van der Waals surface area contributed by atoms with Crippen molar-refractivity contribution in [2.45, 2.75) is 19.0 Å². The Bertz CT molecular complexity index is 340. The Morgan fingerprint density at radius 3 is 2.44 bits per heavy atom. The molecule has 0 spiro atoms. The van der Waals surface area contributed by atoms with E-state index in [0.29, 0.717) is 13.1 Å². The third kappa shape index (κ3) is 2.90. The van der Waals surface area contributed by atoms with E-state index in [-0.39, 0.29) is 24.0 Å². The highest BCUT2D eigenvalue weighted by molar-refractivity contribution is 5.85. The van der Waals surface area contributed by atoms with Gasteiger partial charge in [0.05, 0.1) is 0 Å². The predicted molar refractivity (Wildman–Crippen MR) is 61.5 cm³/mol. The molecule has 1 aliphatic heterocycles. The van der Waals surface area contributed by atoms with Crippen molar-refractivity contribution in [2.24, 2.45) is 5.73 Å². The quantitative estimate of drug-likeness (QED) is 0.867. The van der Waals surface area contributed by atoms with Crippen LogP contribution in [0.15, 0.2) is 18.2 Å². The van der Waals surface area contributed by atoms with Gasteiger partial charge >= 0.3 is 0 Å². The molecule has 0 amide bonds. The van der Waals surface area contributed by atoms with Gasteiger partial charge in [-0.3, -0.25) is 4.90 Å². The van der Waals surface area contributed by atoms with E-state index in [4.69, 9.17) is 5.73 Å². The number of benzene rings is 1. The Balaban J connectivity index is 0.00000128. The molecule has 2 N–H and O–H groups in total. The van der Waals surface area contributed by atoms with Crippen molar-refractivity contribution in [3.63, 3.8) is 0 Å². The average molecular weight is 249 g/mol. The summed E-state index contributed by atoms with van der Waals surface area (Å²) in [5.41, 5.74) is 5.87. The van der Waals surface area contributed by atoms with Gasteiger partial charge in [-0.05, 0) is 18.6 Å². The topological polar surface area (TPSA) is 29.3 Å². The summed E-state index contributed by atoms with van der Waals surface area (Å²) in [6.07, 6.45) is 0.899. The van der Waals surface area contributed by atoms with E-state index in [9.17, 15) is 8.78 Å². The number of halogens is 3. The fourth-order valence-corrected chi connectivity index (χ4v) is 1.91. The van der Waals surface area contributed by atoms with Crippen LogP contribution in [0.2, 0.25) is 0 Å². The smallest absolute Gasteiger partial charge is 0.130 e. The summed E-state index contributed by atoms with van der Waals surface area (Å²) in [6, 6.07) is 4.09. The molecule has 5 heteroatoms. The van der Waals surface area contributed by atoms with E-state index < -0.39 is 11.6 Å². The number of hydrogen-bond donors (Lipinski definition) is 1. The molecule has 0 aromatic heterocycles. The molecule has 0 unspecified atom stereocenters. The standard InChI is InChI=1S/C11H14F2N2.ClH/c12-10-2-1-3-11(13)9(10)7-15-5-4-8(14)6-15;/h1-3,8H,4-7,14H2;1H/t8-;/m1./s1. The summed E-state index contributed by atoms with van der Waals surface area (Å²) in [7, 11) is 0. The lowest BCUT2D eigenvalue weighted by Crippen LogP contribution is -2.26. The lowest BCUT2D eigenvalue weighted by Gasteiger charge is -2.15. The second-order valence-electron chi connectivity index (χ2n) is 3.98. The van der Waals surface area contributed by atoms with Crippen molar-refractivity contribution in [2.75, 3.05) is 13.1 Å². The molecule has 0 bridgehead atoms. The largest absolute Gasteiger partial charge is 0.326 e. The van der Waals surface area contributed by atoms with Gasteiger partial charge in [0, 0.05) is 31.2 Å². The molecule has 90 valence electrons. The molecule has 1 saturated heterocycles. The van der Waals surface area contributed by atoms with Crippen LogP contribution in [0.25, 0.3) is 0 Å². The van der Waals surface area contributed by atoms with Gasteiger partial charge in [-0.2, -0.15) is 0 Å². The summed E-state index contributed by atoms with van der Waals surface area (Å²) in [5.74, 6) is -0.953. The fraction of sp³-hybridized carbons (Fsp3) is 0.455. The number of rotatable bonds is 2. The van der Waals surface area contributed by atoms with Crippen LogP contribution in [0, 0.1) is 11.6 Å². The third-order valence-corrected chi connectivity index (χ3v) is 2.75. The Hall–Kier alpha value is -0.710. The van der Waals surface area contributed by atoms with Crippen LogP contribution in [0.3, 0.4) is 0 Å². The van der Waals surface area contributed by atoms with Crippen molar-refractivity contribution >= 4 is 12.4 Å². The molecule has 0 aliphatic carbocycles. The van der Waals surface area contributed by atoms with Crippen molar-refractivity contribution in [3.8, 4) is 0 Å². The number of likely N-dealkylation sites (tertiary alicyclic amines) is 1. The molecule has 16 heavy (non-hydrogen) atoms. The maximum Gasteiger partial charge on any atom is 0.130 e. The minimum absolute atomic E-state index is 0. The van der Waals surface area contributed by atoms with Crippen molar-refractivity contribution in [1.82, 2.24) is 4.90 Å². The first-order chi connectivity index (χ1) is 7.16. The van der Waals surface area contributed by atoms with E-state index in [1.807, 2.05) is 4.90 Å². The Kier molecular flexibility index (Phi) is 4.65. The van der Waals surface area contributed by atoms with Crippen molar-refractivity contribution in [1.29, 1.82) is 0 Å². The van der Waals surface area contributed by atoms with Crippen LogP contribution in [0.1, 0.15) is 12.0 Å².